The molecule has 0 aliphatic rings. The van der Waals surface area contributed by atoms with E-state index in [-0.39, 0.29) is 86.4 Å². The zero-order valence-corrected chi connectivity index (χ0v) is 15.5. The van der Waals surface area contributed by atoms with Gasteiger partial charge in [-0.15, -0.1) is 0 Å². The second-order valence-corrected chi connectivity index (χ2v) is 4.96. The summed E-state index contributed by atoms with van der Waals surface area (Å²) in [6.45, 7) is 0. The van der Waals surface area contributed by atoms with Crippen LogP contribution in [0.4, 0.5) is 0 Å². The number of hydrogen-bond donors (Lipinski definition) is 3. The van der Waals surface area contributed by atoms with Crippen molar-refractivity contribution in [2.75, 3.05) is 0 Å². The van der Waals surface area contributed by atoms with Crippen LogP contribution in [0, 0.1) is 0 Å². The molecule has 0 radical (unpaired) electrons. The molecule has 18 heavy (non-hydrogen) atoms. The van der Waals surface area contributed by atoms with Crippen LogP contribution in [0.2, 0.25) is 0 Å². The maximum absolute atomic E-state index is 9.32. The normalized spacial score (nSPS) is 10.2. The van der Waals surface area contributed by atoms with E-state index in [0.29, 0.717) is 0 Å². The van der Waals surface area contributed by atoms with Crippen LogP contribution in [0.5, 0.6) is 0 Å². The molecule has 0 aromatic carbocycles. The maximum Gasteiger partial charge on any atom is 2.00 e. The van der Waals surface area contributed by atoms with Crippen LogP contribution in [0.15, 0.2) is 0 Å². The van der Waals surface area contributed by atoms with Crippen LogP contribution >= 0.6 is 23.5 Å². The van der Waals surface area contributed by atoms with E-state index in [9.17, 15) is 28.7 Å². The molecule has 18 heteroatoms. The molecule has 0 atom stereocenters. The largest absolute Gasteiger partial charge is 2.00 e. The van der Waals surface area contributed by atoms with Gasteiger partial charge >= 0.3 is 83.3 Å². The van der Waals surface area contributed by atoms with Gasteiger partial charge in [0, 0.05) is 0 Å². The van der Waals surface area contributed by atoms with E-state index in [1.54, 1.807) is 0 Å². The van der Waals surface area contributed by atoms with Gasteiger partial charge in [0.2, 0.25) is 0 Å². The van der Waals surface area contributed by atoms with E-state index in [0.717, 1.165) is 0 Å². The minimum atomic E-state index is -5.68. The summed E-state index contributed by atoms with van der Waals surface area (Å²) >= 11 is 0. The van der Waals surface area contributed by atoms with Crippen LogP contribution in [0.25, 0.3) is 0 Å². The van der Waals surface area contributed by atoms with E-state index >= 15 is 0 Å². The molecule has 0 aromatic rings. The number of hydrogen-bond acceptors (Lipinski definition) is 8. The van der Waals surface area contributed by atoms with Gasteiger partial charge in [0.05, 0.1) is 15.6 Å². The molecule has 0 bridgehead atoms. The molecule has 0 saturated heterocycles. The molecule has 0 aromatic heterocycles. The van der Waals surface area contributed by atoms with Crippen LogP contribution in [-0.4, -0.2) is 101 Å². The first-order valence-corrected chi connectivity index (χ1v) is 6.73. The summed E-state index contributed by atoms with van der Waals surface area (Å²) in [4.78, 5) is 58.9. The fourth-order valence-corrected chi connectivity index (χ4v) is 1.10. The van der Waals surface area contributed by atoms with Gasteiger partial charge in [0.15, 0.2) is 0 Å². The molecule has 7 N–H and O–H groups in total. The van der Waals surface area contributed by atoms with Crippen molar-refractivity contribution in [1.29, 1.82) is 0 Å². The van der Waals surface area contributed by atoms with E-state index in [2.05, 4.69) is 4.31 Å². The van der Waals surface area contributed by atoms with Crippen LogP contribution in [-0.2, 0) is 18.0 Å². The molecule has 0 spiro atoms. The van der Waals surface area contributed by atoms with Crippen molar-refractivity contribution in [1.82, 2.24) is 0 Å². The van der Waals surface area contributed by atoms with Gasteiger partial charge in [0.1, 0.15) is 0 Å². The third kappa shape index (κ3) is 76.9. The van der Waals surface area contributed by atoms with Gasteiger partial charge in [-0.05, 0) is 0 Å². The van der Waals surface area contributed by atoms with Gasteiger partial charge < -0.3 is 58.6 Å². The zero-order valence-electron chi connectivity index (χ0n) is 8.36. The smallest absolute Gasteiger partial charge is 0.790 e. The van der Waals surface area contributed by atoms with E-state index in [4.69, 9.17) is 19.2 Å². The van der Waals surface area contributed by atoms with Crippen LogP contribution in [0.1, 0.15) is 0 Å². The van der Waals surface area contributed by atoms with Crippen molar-refractivity contribution in [3.05, 3.63) is 0 Å². The Balaban J connectivity index is -0.0000000359. The second-order valence-electron chi connectivity index (χ2n) is 1.49. The fraction of sp³-hybridized carbons (Fsp3) is 0. The molecule has 0 saturated carbocycles. The van der Waals surface area contributed by atoms with Crippen molar-refractivity contribution in [2.24, 2.45) is 0 Å². The van der Waals surface area contributed by atoms with Gasteiger partial charge in [-0.1, -0.05) is 0 Å². The first kappa shape index (κ1) is 37.2. The molecule has 0 amide bonds. The summed E-state index contributed by atoms with van der Waals surface area (Å²) in [6.07, 6.45) is 0. The summed E-state index contributed by atoms with van der Waals surface area (Å²) in [7, 11) is -16.0. The standard InChI is InChI=1S/2Ca.H4O7P2.H3O4P.2H2O/c;;1-8(2,3)7-9(4,5)6;1-5(2,3)4;;/h;;(H2,1,2,3)(H2,4,5,6);(H3,1,2,3,4);2*1H2/q2*+2;;;;/p-4. The van der Waals surface area contributed by atoms with Crippen molar-refractivity contribution in [2.45, 2.75) is 0 Å². The fourth-order valence-electron chi connectivity index (χ4n) is 0.122. The van der Waals surface area contributed by atoms with Crippen LogP contribution in [0.3, 0.4) is 0 Å². The number of phosphoric acid groups is 3. The Hall–Kier alpha value is 2.81. The van der Waals surface area contributed by atoms with E-state index in [1.807, 2.05) is 0 Å². The van der Waals surface area contributed by atoms with Gasteiger partial charge in [-0.3, -0.25) is 0 Å². The molecule has 13 nitrogen and oxygen atoms in total. The van der Waals surface area contributed by atoms with Crippen molar-refractivity contribution < 1.29 is 63.2 Å². The van der Waals surface area contributed by atoms with E-state index < -0.39 is 23.5 Å². The van der Waals surface area contributed by atoms with Crippen molar-refractivity contribution >= 4 is 98.9 Å². The summed E-state index contributed by atoms with van der Waals surface area (Å²) in [5.74, 6) is 0. The predicted octanol–water partition coefficient (Wildman–Crippen LogP) is -6.68. The molecule has 0 unspecified atom stereocenters. The molecule has 0 fully saturated rings. The SMILES string of the molecule is O.O.O=P(O)(O)O.O=P([O-])([O-])OP(=O)([O-])[O-].[Ca+2].[Ca+2]. The third-order valence-corrected chi connectivity index (χ3v) is 1.80. The molecular weight excluding hydrogens is 381 g/mol. The minimum Gasteiger partial charge on any atom is -0.790 e. The summed E-state index contributed by atoms with van der Waals surface area (Å²) in [5.41, 5.74) is 0. The molecule has 0 rings (SSSR count). The molecular formula is H7Ca2O13P3. The third-order valence-electron chi connectivity index (χ3n) is 0.200. The molecule has 0 aliphatic heterocycles. The Morgan fingerprint density at radius 2 is 0.833 bits per heavy atom. The Morgan fingerprint density at radius 3 is 0.833 bits per heavy atom. The van der Waals surface area contributed by atoms with Crippen LogP contribution < -0.4 is 19.6 Å². The second kappa shape index (κ2) is 14.7. The van der Waals surface area contributed by atoms with Crippen molar-refractivity contribution in [3.8, 4) is 0 Å². The Bertz CT molecular complexity index is 263. The summed E-state index contributed by atoms with van der Waals surface area (Å²) < 4.78 is 30.0. The van der Waals surface area contributed by atoms with Gasteiger partial charge in [-0.2, -0.15) is 0 Å². The minimum absolute atomic E-state index is 0. The Morgan fingerprint density at radius 1 is 0.722 bits per heavy atom. The summed E-state index contributed by atoms with van der Waals surface area (Å²) in [6, 6.07) is 0. The quantitative estimate of drug-likeness (QED) is 0.295. The first-order valence-electron chi connectivity index (χ1n) is 2.24. The molecule has 0 aliphatic carbocycles. The number of rotatable bonds is 2. The van der Waals surface area contributed by atoms with Gasteiger partial charge in [-0.25, -0.2) is 4.57 Å². The first-order chi connectivity index (χ1) is 5.71. The Labute approximate surface area is 160 Å². The van der Waals surface area contributed by atoms with Gasteiger partial charge in [0.25, 0.3) is 0 Å². The molecule has 0 heterocycles. The van der Waals surface area contributed by atoms with E-state index in [1.165, 1.54) is 0 Å². The summed E-state index contributed by atoms with van der Waals surface area (Å²) in [5, 5.41) is 0. The Kier molecular flexibility index (Phi) is 30.5. The average molecular weight is 388 g/mol. The molecule has 104 valence electrons. The zero-order chi connectivity index (χ0) is 12.2. The van der Waals surface area contributed by atoms with Crippen molar-refractivity contribution in [3.63, 3.8) is 0 Å². The maximum atomic E-state index is 9.32. The average Bonchev–Trinajstić information content (AvgIpc) is 1.42. The topological polar surface area (TPSA) is 276 Å². The monoisotopic (exact) mass is 388 g/mol. The predicted molar refractivity (Wildman–Crippen MR) is 49.3 cm³/mol.